The van der Waals surface area contributed by atoms with Gasteiger partial charge in [0, 0.05) is 0 Å². The third kappa shape index (κ3) is 2.79. The molecular formula is C11H14Cl2O. The number of hydrogen-bond acceptors (Lipinski definition) is 1. The first-order valence-corrected chi connectivity index (χ1v) is 5.46. The van der Waals surface area contributed by atoms with E-state index < -0.39 is 0 Å². The fourth-order valence-corrected chi connectivity index (χ4v) is 2.02. The molecule has 0 atom stereocenters. The second kappa shape index (κ2) is 5.47. The van der Waals surface area contributed by atoms with Gasteiger partial charge in [-0.05, 0) is 30.5 Å². The third-order valence-electron chi connectivity index (χ3n) is 2.08. The molecule has 3 heteroatoms. The van der Waals surface area contributed by atoms with Crippen LogP contribution in [0, 0.1) is 0 Å². The Bertz CT molecular complexity index is 287. The summed E-state index contributed by atoms with van der Waals surface area (Å²) in [6.45, 7) is 2.16. The Morgan fingerprint density at radius 2 is 1.79 bits per heavy atom. The van der Waals surface area contributed by atoms with Gasteiger partial charge in [0.2, 0.25) is 0 Å². The van der Waals surface area contributed by atoms with Gasteiger partial charge in [0.05, 0.1) is 17.2 Å². The minimum atomic E-state index is 0.564. The van der Waals surface area contributed by atoms with E-state index >= 15 is 0 Å². The van der Waals surface area contributed by atoms with Gasteiger partial charge in [0.1, 0.15) is 0 Å². The quantitative estimate of drug-likeness (QED) is 0.751. The molecule has 0 radical (unpaired) electrons. The van der Waals surface area contributed by atoms with Crippen LogP contribution in [0.5, 0.6) is 5.75 Å². The highest BCUT2D eigenvalue weighted by atomic mass is 35.5. The summed E-state index contributed by atoms with van der Waals surface area (Å²) in [5.74, 6) is 0.564. The van der Waals surface area contributed by atoms with E-state index in [-0.39, 0.29) is 0 Å². The summed E-state index contributed by atoms with van der Waals surface area (Å²) in [5, 5.41) is 1.18. The van der Waals surface area contributed by atoms with Crippen molar-refractivity contribution >= 4 is 23.2 Å². The standard InChI is InChI=1S/C11H14Cl2O/c1-3-4-5-8-6-9(12)11(14-2)10(13)7-8/h6-7H,3-5H2,1-2H3. The van der Waals surface area contributed by atoms with Crippen LogP contribution in [0.4, 0.5) is 0 Å². The number of hydrogen-bond donors (Lipinski definition) is 0. The van der Waals surface area contributed by atoms with Gasteiger partial charge >= 0.3 is 0 Å². The molecule has 78 valence electrons. The molecule has 0 saturated carbocycles. The summed E-state index contributed by atoms with van der Waals surface area (Å²) in [7, 11) is 1.57. The minimum Gasteiger partial charge on any atom is -0.494 e. The van der Waals surface area contributed by atoms with Gasteiger partial charge in [0.25, 0.3) is 0 Å². The highest BCUT2D eigenvalue weighted by Gasteiger charge is 2.07. The van der Waals surface area contributed by atoms with Crippen molar-refractivity contribution in [1.29, 1.82) is 0 Å². The Labute approximate surface area is 95.0 Å². The van der Waals surface area contributed by atoms with Crippen LogP contribution in [0.2, 0.25) is 10.0 Å². The van der Waals surface area contributed by atoms with Gasteiger partial charge in [-0.1, -0.05) is 36.5 Å². The molecule has 0 aliphatic rings. The van der Waals surface area contributed by atoms with E-state index in [2.05, 4.69) is 6.92 Å². The second-order valence-corrected chi connectivity index (χ2v) is 4.01. The summed E-state index contributed by atoms with van der Waals surface area (Å²) < 4.78 is 5.07. The monoisotopic (exact) mass is 232 g/mol. The Morgan fingerprint density at radius 3 is 2.21 bits per heavy atom. The van der Waals surface area contributed by atoms with Gasteiger partial charge in [-0.3, -0.25) is 0 Å². The lowest BCUT2D eigenvalue weighted by Crippen LogP contribution is -1.90. The van der Waals surface area contributed by atoms with Gasteiger partial charge < -0.3 is 4.74 Å². The summed E-state index contributed by atoms with van der Waals surface area (Å²) in [6, 6.07) is 3.84. The molecule has 1 aromatic carbocycles. The predicted molar refractivity (Wildman–Crippen MR) is 61.6 cm³/mol. The molecular weight excluding hydrogens is 219 g/mol. The molecule has 1 aromatic rings. The fourth-order valence-electron chi connectivity index (χ4n) is 1.33. The first-order chi connectivity index (χ1) is 6.69. The van der Waals surface area contributed by atoms with E-state index in [9.17, 15) is 0 Å². The lowest BCUT2D eigenvalue weighted by molar-refractivity contribution is 0.415. The van der Waals surface area contributed by atoms with Crippen molar-refractivity contribution in [2.45, 2.75) is 26.2 Å². The molecule has 0 bridgehead atoms. The number of methoxy groups -OCH3 is 1. The van der Waals surface area contributed by atoms with Gasteiger partial charge in [-0.2, -0.15) is 0 Å². The number of benzene rings is 1. The fraction of sp³-hybridized carbons (Fsp3) is 0.455. The van der Waals surface area contributed by atoms with E-state index in [1.807, 2.05) is 12.1 Å². The molecule has 0 N–H and O–H groups in total. The predicted octanol–water partition coefficient (Wildman–Crippen LogP) is 4.34. The van der Waals surface area contributed by atoms with Gasteiger partial charge in [0.15, 0.2) is 5.75 Å². The maximum atomic E-state index is 6.00. The van der Waals surface area contributed by atoms with Crippen molar-refractivity contribution in [2.24, 2.45) is 0 Å². The van der Waals surface area contributed by atoms with Crippen molar-refractivity contribution in [3.63, 3.8) is 0 Å². The van der Waals surface area contributed by atoms with E-state index in [1.165, 1.54) is 12.0 Å². The van der Waals surface area contributed by atoms with Crippen molar-refractivity contribution in [2.75, 3.05) is 7.11 Å². The molecule has 0 unspecified atom stereocenters. The van der Waals surface area contributed by atoms with Crippen LogP contribution < -0.4 is 4.74 Å². The Morgan fingerprint density at radius 1 is 1.21 bits per heavy atom. The molecule has 0 heterocycles. The van der Waals surface area contributed by atoms with Crippen LogP contribution in [0.3, 0.4) is 0 Å². The van der Waals surface area contributed by atoms with Crippen molar-refractivity contribution in [3.8, 4) is 5.75 Å². The topological polar surface area (TPSA) is 9.23 Å². The van der Waals surface area contributed by atoms with Crippen LogP contribution >= 0.6 is 23.2 Å². The molecule has 0 spiro atoms. The number of aryl methyl sites for hydroxylation is 1. The van der Waals surface area contributed by atoms with Crippen LogP contribution in [-0.4, -0.2) is 7.11 Å². The smallest absolute Gasteiger partial charge is 0.156 e. The van der Waals surface area contributed by atoms with E-state index in [4.69, 9.17) is 27.9 Å². The first kappa shape index (κ1) is 11.7. The van der Waals surface area contributed by atoms with Crippen LogP contribution in [0.15, 0.2) is 12.1 Å². The van der Waals surface area contributed by atoms with E-state index in [1.54, 1.807) is 7.11 Å². The zero-order valence-electron chi connectivity index (χ0n) is 8.44. The largest absolute Gasteiger partial charge is 0.494 e. The molecule has 1 nitrogen and oxygen atoms in total. The normalized spacial score (nSPS) is 10.3. The average Bonchev–Trinajstić information content (AvgIpc) is 2.14. The number of ether oxygens (including phenoxy) is 1. The number of unbranched alkanes of at least 4 members (excludes halogenated alkanes) is 1. The molecule has 0 aliphatic carbocycles. The highest BCUT2D eigenvalue weighted by molar-refractivity contribution is 6.37. The minimum absolute atomic E-state index is 0.564. The molecule has 0 saturated heterocycles. The second-order valence-electron chi connectivity index (χ2n) is 3.20. The van der Waals surface area contributed by atoms with Crippen molar-refractivity contribution in [1.82, 2.24) is 0 Å². The molecule has 0 amide bonds. The van der Waals surface area contributed by atoms with Crippen LogP contribution in [-0.2, 0) is 6.42 Å². The number of rotatable bonds is 4. The summed E-state index contributed by atoms with van der Waals surface area (Å²) >= 11 is 12.0. The maximum Gasteiger partial charge on any atom is 0.156 e. The van der Waals surface area contributed by atoms with Crippen LogP contribution in [0.1, 0.15) is 25.3 Å². The lowest BCUT2D eigenvalue weighted by atomic mass is 10.1. The highest BCUT2D eigenvalue weighted by Crippen LogP contribution is 2.34. The van der Waals surface area contributed by atoms with Gasteiger partial charge in [-0.25, -0.2) is 0 Å². The molecule has 14 heavy (non-hydrogen) atoms. The van der Waals surface area contributed by atoms with Crippen molar-refractivity contribution in [3.05, 3.63) is 27.7 Å². The SMILES string of the molecule is CCCCc1cc(Cl)c(OC)c(Cl)c1. The average molecular weight is 233 g/mol. The Balaban J connectivity index is 2.90. The third-order valence-corrected chi connectivity index (χ3v) is 2.64. The van der Waals surface area contributed by atoms with Crippen molar-refractivity contribution < 1.29 is 4.74 Å². The number of halogens is 2. The molecule has 1 rings (SSSR count). The molecule has 0 aromatic heterocycles. The zero-order chi connectivity index (χ0) is 10.6. The first-order valence-electron chi connectivity index (χ1n) is 4.71. The lowest BCUT2D eigenvalue weighted by Gasteiger charge is -2.08. The summed E-state index contributed by atoms with van der Waals surface area (Å²) in [5.41, 5.74) is 1.17. The van der Waals surface area contributed by atoms with E-state index in [0.29, 0.717) is 15.8 Å². The zero-order valence-corrected chi connectivity index (χ0v) is 9.95. The van der Waals surface area contributed by atoms with E-state index in [0.717, 1.165) is 12.8 Å². The van der Waals surface area contributed by atoms with Crippen LogP contribution in [0.25, 0.3) is 0 Å². The Hall–Kier alpha value is -0.400. The summed E-state index contributed by atoms with van der Waals surface area (Å²) in [6.07, 6.45) is 3.33. The summed E-state index contributed by atoms with van der Waals surface area (Å²) in [4.78, 5) is 0. The maximum absolute atomic E-state index is 6.00. The molecule has 0 aliphatic heterocycles. The van der Waals surface area contributed by atoms with Gasteiger partial charge in [-0.15, -0.1) is 0 Å². The molecule has 0 fully saturated rings. The Kier molecular flexibility index (Phi) is 4.56.